The molecule has 0 saturated carbocycles. The Kier molecular flexibility index (Phi) is 5.88. The predicted molar refractivity (Wildman–Crippen MR) is 132 cm³/mol. The molecular weight excluding hydrogens is 444 g/mol. The maximum Gasteiger partial charge on any atom is 0.255 e. The van der Waals surface area contributed by atoms with Crippen molar-refractivity contribution in [3.05, 3.63) is 89.9 Å². The van der Waals surface area contributed by atoms with Gasteiger partial charge in [-0.05, 0) is 61.0 Å². The minimum Gasteiger partial charge on any atom is -0.497 e. The summed E-state index contributed by atoms with van der Waals surface area (Å²) in [6.07, 6.45) is 3.26. The molecule has 1 aliphatic rings. The van der Waals surface area contributed by atoms with E-state index in [-0.39, 0.29) is 5.91 Å². The monoisotopic (exact) mass is 468 g/mol. The molecule has 4 aromatic rings. The van der Waals surface area contributed by atoms with Crippen LogP contribution in [0.15, 0.2) is 84.3 Å². The highest BCUT2D eigenvalue weighted by atomic mass is 16.5. The minimum absolute atomic E-state index is 0.261. The summed E-state index contributed by atoms with van der Waals surface area (Å²) >= 11 is 0. The number of methoxy groups -OCH3 is 2. The lowest BCUT2D eigenvalue weighted by Gasteiger charge is -2.28. The molecule has 2 N–H and O–H groups in total. The molecule has 35 heavy (non-hydrogen) atoms. The third-order valence-electron chi connectivity index (χ3n) is 5.77. The molecule has 1 atom stereocenters. The molecule has 0 spiro atoms. The molecule has 0 fully saturated rings. The maximum atomic E-state index is 13.5. The van der Waals surface area contributed by atoms with Crippen LogP contribution in [0.2, 0.25) is 0 Å². The maximum absolute atomic E-state index is 13.5. The number of aromatic nitrogens is 4. The van der Waals surface area contributed by atoms with Crippen LogP contribution in [0.5, 0.6) is 11.5 Å². The zero-order valence-corrected chi connectivity index (χ0v) is 19.5. The van der Waals surface area contributed by atoms with Crippen LogP contribution >= 0.6 is 0 Å². The number of ether oxygens (including phenoxy) is 2. The van der Waals surface area contributed by atoms with Crippen LogP contribution < -0.4 is 20.1 Å². The number of amides is 1. The van der Waals surface area contributed by atoms with Crippen molar-refractivity contribution in [1.82, 2.24) is 19.7 Å². The van der Waals surface area contributed by atoms with Crippen LogP contribution in [0.1, 0.15) is 18.5 Å². The highest BCUT2D eigenvalue weighted by Crippen LogP contribution is 2.37. The van der Waals surface area contributed by atoms with E-state index in [0.717, 1.165) is 16.9 Å². The first-order chi connectivity index (χ1) is 17.1. The van der Waals surface area contributed by atoms with E-state index in [1.54, 1.807) is 43.4 Å². The van der Waals surface area contributed by atoms with Gasteiger partial charge in [-0.1, -0.05) is 12.1 Å². The Morgan fingerprint density at radius 1 is 1.03 bits per heavy atom. The van der Waals surface area contributed by atoms with Gasteiger partial charge in [0.25, 0.3) is 5.91 Å². The summed E-state index contributed by atoms with van der Waals surface area (Å²) in [5.41, 5.74) is 3.47. The molecule has 5 rings (SSSR count). The van der Waals surface area contributed by atoms with Crippen molar-refractivity contribution in [3.63, 3.8) is 0 Å². The van der Waals surface area contributed by atoms with Crippen molar-refractivity contribution in [2.45, 2.75) is 13.0 Å². The highest BCUT2D eigenvalue weighted by Gasteiger charge is 2.34. The van der Waals surface area contributed by atoms with E-state index < -0.39 is 6.04 Å². The van der Waals surface area contributed by atoms with E-state index in [9.17, 15) is 4.79 Å². The molecule has 1 unspecified atom stereocenters. The first-order valence-corrected chi connectivity index (χ1v) is 11.0. The number of nitrogens with zero attached hydrogens (tertiary/aromatic N) is 4. The summed E-state index contributed by atoms with van der Waals surface area (Å²) in [6, 6.07) is 18.2. The summed E-state index contributed by atoms with van der Waals surface area (Å²) < 4.78 is 12.4. The highest BCUT2D eigenvalue weighted by molar-refractivity contribution is 6.06. The van der Waals surface area contributed by atoms with Crippen molar-refractivity contribution < 1.29 is 14.3 Å². The molecule has 0 saturated heterocycles. The van der Waals surface area contributed by atoms with Crippen LogP contribution in [-0.4, -0.2) is 39.9 Å². The van der Waals surface area contributed by atoms with E-state index in [0.29, 0.717) is 34.5 Å². The van der Waals surface area contributed by atoms with E-state index >= 15 is 0 Å². The second-order valence-electron chi connectivity index (χ2n) is 7.97. The summed E-state index contributed by atoms with van der Waals surface area (Å²) in [6.45, 7) is 1.86. The molecule has 0 bridgehead atoms. The van der Waals surface area contributed by atoms with Gasteiger partial charge < -0.3 is 20.1 Å². The quantitative estimate of drug-likeness (QED) is 0.435. The summed E-state index contributed by atoms with van der Waals surface area (Å²) in [5, 5.41) is 11.0. The number of hydrogen-bond acceptors (Lipinski definition) is 7. The number of carbonyl (C=O) groups is 1. The molecule has 1 aliphatic heterocycles. The second kappa shape index (κ2) is 9.30. The van der Waals surface area contributed by atoms with Crippen molar-refractivity contribution in [1.29, 1.82) is 0 Å². The minimum atomic E-state index is -0.530. The van der Waals surface area contributed by atoms with Crippen molar-refractivity contribution in [2.24, 2.45) is 0 Å². The average molecular weight is 469 g/mol. The predicted octanol–water partition coefficient (Wildman–Crippen LogP) is 4.28. The van der Waals surface area contributed by atoms with Crippen LogP contribution in [-0.2, 0) is 4.79 Å². The lowest BCUT2D eigenvalue weighted by atomic mass is 9.95. The summed E-state index contributed by atoms with van der Waals surface area (Å²) in [4.78, 5) is 22.3. The van der Waals surface area contributed by atoms with Gasteiger partial charge >= 0.3 is 0 Å². The number of fused-ring (bicyclic) bond motifs is 1. The van der Waals surface area contributed by atoms with Gasteiger partial charge in [0, 0.05) is 17.5 Å². The topological polar surface area (TPSA) is 103 Å². The number of rotatable bonds is 6. The number of hydrogen-bond donors (Lipinski definition) is 2. The number of allylic oxidation sites excluding steroid dienone is 1. The Morgan fingerprint density at radius 3 is 2.54 bits per heavy atom. The van der Waals surface area contributed by atoms with Crippen molar-refractivity contribution >= 4 is 17.5 Å². The molecule has 9 heteroatoms. The fraction of sp³-hybridized carbons (Fsp3) is 0.154. The number of carbonyl (C=O) groups excluding carboxylic acids is 1. The third kappa shape index (κ3) is 4.31. The Bertz CT molecular complexity index is 1400. The van der Waals surface area contributed by atoms with E-state index in [1.807, 2.05) is 55.5 Å². The molecular formula is C26H24N6O3. The fourth-order valence-electron chi connectivity index (χ4n) is 4.06. The molecule has 0 radical (unpaired) electrons. The Balaban J connectivity index is 1.60. The summed E-state index contributed by atoms with van der Waals surface area (Å²) in [5.74, 6) is 2.24. The molecule has 0 aliphatic carbocycles. The van der Waals surface area contributed by atoms with Gasteiger partial charge in [0.2, 0.25) is 5.95 Å². The molecule has 2 aromatic carbocycles. The Labute approximate surface area is 202 Å². The van der Waals surface area contributed by atoms with Crippen molar-refractivity contribution in [3.8, 4) is 22.9 Å². The Hall–Kier alpha value is -4.66. The van der Waals surface area contributed by atoms with Crippen LogP contribution in [0.25, 0.3) is 11.4 Å². The molecule has 176 valence electrons. The van der Waals surface area contributed by atoms with Gasteiger partial charge in [0.1, 0.15) is 17.5 Å². The van der Waals surface area contributed by atoms with Gasteiger partial charge in [-0.25, -0.2) is 4.68 Å². The van der Waals surface area contributed by atoms with Gasteiger partial charge in [0.05, 0.1) is 31.7 Å². The lowest BCUT2D eigenvalue weighted by Crippen LogP contribution is -2.31. The second-order valence-corrected chi connectivity index (χ2v) is 7.97. The van der Waals surface area contributed by atoms with Crippen LogP contribution in [0.3, 0.4) is 0 Å². The molecule has 1 amide bonds. The average Bonchev–Trinajstić information content (AvgIpc) is 3.32. The van der Waals surface area contributed by atoms with Crippen LogP contribution in [0, 0.1) is 0 Å². The molecule has 3 heterocycles. The zero-order chi connectivity index (χ0) is 24.4. The van der Waals surface area contributed by atoms with Gasteiger partial charge in [-0.3, -0.25) is 9.78 Å². The number of anilines is 2. The first-order valence-electron chi connectivity index (χ1n) is 11.0. The number of benzene rings is 2. The van der Waals surface area contributed by atoms with Gasteiger partial charge in [-0.15, -0.1) is 5.10 Å². The van der Waals surface area contributed by atoms with E-state index in [2.05, 4.69) is 15.6 Å². The van der Waals surface area contributed by atoms with Gasteiger partial charge in [-0.2, -0.15) is 4.98 Å². The molecule has 2 aromatic heterocycles. The van der Waals surface area contributed by atoms with Crippen LogP contribution in [0.4, 0.5) is 11.6 Å². The van der Waals surface area contributed by atoms with Gasteiger partial charge in [0.15, 0.2) is 5.82 Å². The SMILES string of the molecule is COc1ccc(-c2nc3n(n2)C(c2cccc(OC)c2)C(C(=O)Nc2cccnc2)=C(C)N3)cc1. The largest absolute Gasteiger partial charge is 0.497 e. The number of pyridine rings is 1. The van der Waals surface area contributed by atoms with E-state index in [1.165, 1.54) is 0 Å². The zero-order valence-electron chi connectivity index (χ0n) is 19.5. The first kappa shape index (κ1) is 22.1. The lowest BCUT2D eigenvalue weighted by molar-refractivity contribution is -0.113. The standard InChI is InChI=1S/C26H24N6O3/c1-16-22(25(33)29-19-7-5-13-27-15-19)23(18-6-4-8-21(14-18)35-3)32-26(28-16)30-24(31-32)17-9-11-20(34-2)12-10-17/h4-15,23H,1-3H3,(H,29,33)(H,28,30,31). The number of nitrogens with one attached hydrogen (secondary N) is 2. The normalized spacial score (nSPS) is 14.7. The smallest absolute Gasteiger partial charge is 0.255 e. The molecule has 9 nitrogen and oxygen atoms in total. The third-order valence-corrected chi connectivity index (χ3v) is 5.77. The fourth-order valence-corrected chi connectivity index (χ4v) is 4.06. The Morgan fingerprint density at radius 2 is 1.83 bits per heavy atom. The van der Waals surface area contributed by atoms with Crippen molar-refractivity contribution in [2.75, 3.05) is 24.9 Å². The summed E-state index contributed by atoms with van der Waals surface area (Å²) in [7, 11) is 3.24. The van der Waals surface area contributed by atoms with E-state index in [4.69, 9.17) is 19.6 Å².